The van der Waals surface area contributed by atoms with Gasteiger partial charge in [-0.15, -0.1) is 0 Å². The Morgan fingerprint density at radius 2 is 1.95 bits per heavy atom. The van der Waals surface area contributed by atoms with Gasteiger partial charge in [-0.3, -0.25) is 4.90 Å². The Morgan fingerprint density at radius 3 is 2.64 bits per heavy atom. The zero-order valence-electron chi connectivity index (χ0n) is 12.6. The maximum Gasteiger partial charge on any atom is 0.220 e. The van der Waals surface area contributed by atoms with E-state index in [2.05, 4.69) is 32.6 Å². The lowest BCUT2D eigenvalue weighted by Crippen LogP contribution is -2.58. The monoisotopic (exact) mass is 413 g/mol. The molecule has 1 saturated carbocycles. The summed E-state index contributed by atoms with van der Waals surface area (Å²) in [5.41, 5.74) is 12.6. The normalized spacial score (nSPS) is 20.5. The van der Waals surface area contributed by atoms with Gasteiger partial charge in [0, 0.05) is 6.07 Å². The summed E-state index contributed by atoms with van der Waals surface area (Å²) in [6.07, 6.45) is 5.30. The molecule has 1 spiro atoms. The van der Waals surface area contributed by atoms with Crippen LogP contribution in [-0.2, 0) is 0 Å². The van der Waals surface area contributed by atoms with Crippen molar-refractivity contribution in [1.82, 2.24) is 0 Å². The van der Waals surface area contributed by atoms with E-state index < -0.39 is 5.66 Å². The highest BCUT2D eigenvalue weighted by Gasteiger charge is 2.42. The summed E-state index contributed by atoms with van der Waals surface area (Å²) in [4.78, 5) is 10.9. The lowest BCUT2D eigenvalue weighted by atomic mass is 9.87. The predicted octanol–water partition coefficient (Wildman–Crippen LogP) is 2.41. The standard InChI is InChI=1S/C15H20IN5O/c1-22-12-9-10(5-6-11(12)16)21-14(18)19-13(17)20-15(21)7-3-2-4-8-15/h5-6,9H,2-4,7-8H2,1H3,(H4,17,18,19,20). The molecule has 1 aromatic carbocycles. The van der Waals surface area contributed by atoms with Gasteiger partial charge in [-0.05, 0) is 60.4 Å². The van der Waals surface area contributed by atoms with Gasteiger partial charge in [0.25, 0.3) is 0 Å². The number of nitrogens with zero attached hydrogens (tertiary/aromatic N) is 3. The van der Waals surface area contributed by atoms with E-state index in [1.165, 1.54) is 6.42 Å². The Kier molecular flexibility index (Phi) is 4.16. The van der Waals surface area contributed by atoms with Crippen molar-refractivity contribution in [3.05, 3.63) is 21.8 Å². The van der Waals surface area contributed by atoms with Crippen LogP contribution in [0.15, 0.2) is 28.2 Å². The molecule has 3 rings (SSSR count). The molecule has 0 bridgehead atoms. The highest BCUT2D eigenvalue weighted by Crippen LogP contribution is 2.40. The second-order valence-electron chi connectivity index (χ2n) is 5.64. The molecule has 1 aromatic rings. The number of aliphatic imine (C=N–C) groups is 2. The maximum absolute atomic E-state index is 6.21. The van der Waals surface area contributed by atoms with Crippen molar-refractivity contribution in [2.75, 3.05) is 12.0 Å². The minimum absolute atomic E-state index is 0.271. The molecule has 1 fully saturated rings. The first-order chi connectivity index (χ1) is 10.6. The van der Waals surface area contributed by atoms with Crippen LogP contribution < -0.4 is 21.1 Å². The van der Waals surface area contributed by atoms with Crippen molar-refractivity contribution in [3.8, 4) is 5.75 Å². The van der Waals surface area contributed by atoms with Gasteiger partial charge in [-0.2, -0.15) is 4.99 Å². The zero-order chi connectivity index (χ0) is 15.7. The number of rotatable bonds is 2. The number of ether oxygens (including phenoxy) is 1. The third kappa shape index (κ3) is 2.62. The largest absolute Gasteiger partial charge is 0.496 e. The van der Waals surface area contributed by atoms with Crippen LogP contribution in [0.5, 0.6) is 5.75 Å². The van der Waals surface area contributed by atoms with Crippen molar-refractivity contribution in [2.45, 2.75) is 37.8 Å². The summed E-state index contributed by atoms with van der Waals surface area (Å²) in [5, 5.41) is 0. The van der Waals surface area contributed by atoms with Gasteiger partial charge in [0.15, 0.2) is 0 Å². The SMILES string of the molecule is COc1cc(N2C(N)=NC(N)=NC23CCCCC3)ccc1I. The first kappa shape index (κ1) is 15.4. The Labute approximate surface area is 143 Å². The molecule has 0 aromatic heterocycles. The minimum Gasteiger partial charge on any atom is -0.496 e. The number of nitrogens with two attached hydrogens (primary N) is 2. The number of hydrogen-bond donors (Lipinski definition) is 2. The van der Waals surface area contributed by atoms with E-state index in [4.69, 9.17) is 16.2 Å². The maximum atomic E-state index is 6.21. The van der Waals surface area contributed by atoms with Crippen LogP contribution in [-0.4, -0.2) is 24.7 Å². The third-order valence-corrected chi connectivity index (χ3v) is 5.14. The predicted molar refractivity (Wildman–Crippen MR) is 97.3 cm³/mol. The molecule has 0 radical (unpaired) electrons. The molecule has 1 heterocycles. The molecule has 1 aliphatic carbocycles. The summed E-state index contributed by atoms with van der Waals surface area (Å²) in [7, 11) is 1.67. The summed E-state index contributed by atoms with van der Waals surface area (Å²) >= 11 is 2.25. The third-order valence-electron chi connectivity index (χ3n) is 4.24. The van der Waals surface area contributed by atoms with Crippen LogP contribution in [0.4, 0.5) is 5.69 Å². The molecular formula is C15H20IN5O. The van der Waals surface area contributed by atoms with Crippen LogP contribution in [0, 0.1) is 3.57 Å². The number of halogens is 1. The molecule has 1 aliphatic heterocycles. The first-order valence-electron chi connectivity index (χ1n) is 7.39. The van der Waals surface area contributed by atoms with Crippen LogP contribution in [0.2, 0.25) is 0 Å². The molecule has 0 atom stereocenters. The highest BCUT2D eigenvalue weighted by atomic mass is 127. The summed E-state index contributed by atoms with van der Waals surface area (Å²) in [6.45, 7) is 0. The van der Waals surface area contributed by atoms with Gasteiger partial charge >= 0.3 is 0 Å². The molecule has 4 N–H and O–H groups in total. The number of guanidine groups is 2. The number of benzene rings is 1. The van der Waals surface area contributed by atoms with Crippen LogP contribution in [0.3, 0.4) is 0 Å². The summed E-state index contributed by atoms with van der Waals surface area (Å²) in [6, 6.07) is 6.03. The van der Waals surface area contributed by atoms with E-state index in [0.717, 1.165) is 40.7 Å². The highest BCUT2D eigenvalue weighted by molar-refractivity contribution is 14.1. The van der Waals surface area contributed by atoms with E-state index in [1.54, 1.807) is 7.11 Å². The van der Waals surface area contributed by atoms with Crippen LogP contribution in [0.25, 0.3) is 0 Å². The smallest absolute Gasteiger partial charge is 0.220 e. The van der Waals surface area contributed by atoms with E-state index >= 15 is 0 Å². The van der Waals surface area contributed by atoms with E-state index in [1.807, 2.05) is 23.1 Å². The van der Waals surface area contributed by atoms with Gasteiger partial charge in [0.05, 0.1) is 16.4 Å². The van der Waals surface area contributed by atoms with E-state index in [9.17, 15) is 0 Å². The van der Waals surface area contributed by atoms with Gasteiger partial charge in [0.1, 0.15) is 11.4 Å². The van der Waals surface area contributed by atoms with Crippen molar-refractivity contribution < 1.29 is 4.74 Å². The fourth-order valence-corrected chi connectivity index (χ4v) is 3.84. The number of hydrogen-bond acceptors (Lipinski definition) is 6. The van der Waals surface area contributed by atoms with Gasteiger partial charge < -0.3 is 16.2 Å². The van der Waals surface area contributed by atoms with E-state index in [-0.39, 0.29) is 5.96 Å². The Bertz CT molecular complexity index is 637. The molecular weight excluding hydrogens is 393 g/mol. The molecule has 0 unspecified atom stereocenters. The van der Waals surface area contributed by atoms with Gasteiger partial charge in [-0.1, -0.05) is 6.42 Å². The molecule has 0 amide bonds. The minimum atomic E-state index is -0.411. The van der Waals surface area contributed by atoms with Crippen molar-refractivity contribution >= 4 is 40.2 Å². The molecule has 0 saturated heterocycles. The molecule has 2 aliphatic rings. The Hall–Kier alpha value is -1.51. The second-order valence-corrected chi connectivity index (χ2v) is 6.80. The van der Waals surface area contributed by atoms with E-state index in [0.29, 0.717) is 5.96 Å². The fraction of sp³-hybridized carbons (Fsp3) is 0.467. The van der Waals surface area contributed by atoms with Crippen LogP contribution >= 0.6 is 22.6 Å². The zero-order valence-corrected chi connectivity index (χ0v) is 14.7. The average Bonchev–Trinajstić information content (AvgIpc) is 2.48. The fourth-order valence-electron chi connectivity index (χ4n) is 3.28. The molecule has 118 valence electrons. The Morgan fingerprint density at radius 1 is 1.23 bits per heavy atom. The van der Waals surface area contributed by atoms with Gasteiger partial charge in [0.2, 0.25) is 11.9 Å². The van der Waals surface area contributed by atoms with Crippen LogP contribution in [0.1, 0.15) is 32.1 Å². The van der Waals surface area contributed by atoms with Gasteiger partial charge in [-0.25, -0.2) is 4.99 Å². The number of methoxy groups -OCH3 is 1. The average molecular weight is 413 g/mol. The summed E-state index contributed by atoms with van der Waals surface area (Å²) < 4.78 is 6.49. The second kappa shape index (κ2) is 5.94. The quantitative estimate of drug-likeness (QED) is 0.729. The molecule has 7 heteroatoms. The molecule has 22 heavy (non-hydrogen) atoms. The number of anilines is 1. The van der Waals surface area contributed by atoms with Crippen molar-refractivity contribution in [1.29, 1.82) is 0 Å². The summed E-state index contributed by atoms with van der Waals surface area (Å²) in [5.74, 6) is 1.49. The van der Waals surface area contributed by atoms with Crippen molar-refractivity contribution in [3.63, 3.8) is 0 Å². The Balaban J connectivity index is 2.08. The topological polar surface area (TPSA) is 89.2 Å². The lowest BCUT2D eigenvalue weighted by Gasteiger charge is -2.45. The van der Waals surface area contributed by atoms with Crippen molar-refractivity contribution in [2.24, 2.45) is 21.5 Å². The lowest BCUT2D eigenvalue weighted by molar-refractivity contribution is 0.305. The molecule has 6 nitrogen and oxygen atoms in total. The first-order valence-corrected chi connectivity index (χ1v) is 8.47.